The van der Waals surface area contributed by atoms with Gasteiger partial charge in [0.2, 0.25) is 0 Å². The lowest BCUT2D eigenvalue weighted by atomic mass is 10.0. The average Bonchev–Trinajstić information content (AvgIpc) is 3.12. The molecule has 1 aromatic carbocycles. The number of hydrogen-bond donors (Lipinski definition) is 1. The fourth-order valence-corrected chi connectivity index (χ4v) is 3.65. The van der Waals surface area contributed by atoms with Gasteiger partial charge in [-0.2, -0.15) is 0 Å². The van der Waals surface area contributed by atoms with Gasteiger partial charge in [-0.3, -0.25) is 4.90 Å². The highest BCUT2D eigenvalue weighted by Crippen LogP contribution is 2.25. The zero-order valence-corrected chi connectivity index (χ0v) is 19.4. The second-order valence-corrected chi connectivity index (χ2v) is 6.89. The molecular formula is C20H32IN7. The molecule has 8 heteroatoms. The third kappa shape index (κ3) is 5.66. The molecule has 1 aromatic heterocycles. The zero-order valence-electron chi connectivity index (χ0n) is 17.1. The highest BCUT2D eigenvalue weighted by Gasteiger charge is 2.25. The first-order chi connectivity index (χ1) is 13.2. The van der Waals surface area contributed by atoms with E-state index < -0.39 is 0 Å². The van der Waals surface area contributed by atoms with Gasteiger partial charge in [-0.1, -0.05) is 37.3 Å². The Morgan fingerprint density at radius 2 is 1.86 bits per heavy atom. The van der Waals surface area contributed by atoms with Crippen LogP contribution in [0.1, 0.15) is 37.7 Å². The van der Waals surface area contributed by atoms with Gasteiger partial charge in [0.1, 0.15) is 12.9 Å². The second kappa shape index (κ2) is 11.4. The number of nitrogens with one attached hydrogen (secondary N) is 1. The quantitative estimate of drug-likeness (QED) is 0.378. The molecule has 0 saturated carbocycles. The van der Waals surface area contributed by atoms with Crippen LogP contribution in [0.2, 0.25) is 0 Å². The van der Waals surface area contributed by atoms with Crippen molar-refractivity contribution in [2.75, 3.05) is 32.7 Å². The Labute approximate surface area is 185 Å². The molecule has 0 aliphatic carbocycles. The van der Waals surface area contributed by atoms with Crippen molar-refractivity contribution in [2.24, 2.45) is 12.0 Å². The van der Waals surface area contributed by atoms with Gasteiger partial charge < -0.3 is 14.8 Å². The van der Waals surface area contributed by atoms with Crippen molar-refractivity contribution in [2.45, 2.75) is 32.9 Å². The molecule has 7 nitrogen and oxygen atoms in total. The van der Waals surface area contributed by atoms with E-state index in [1.54, 1.807) is 6.33 Å². The van der Waals surface area contributed by atoms with Crippen molar-refractivity contribution >= 4 is 29.9 Å². The fourth-order valence-electron chi connectivity index (χ4n) is 3.65. The molecule has 1 saturated heterocycles. The first kappa shape index (κ1) is 22.6. The van der Waals surface area contributed by atoms with Crippen molar-refractivity contribution in [3.8, 4) is 0 Å². The summed E-state index contributed by atoms with van der Waals surface area (Å²) in [5, 5.41) is 11.5. The summed E-state index contributed by atoms with van der Waals surface area (Å²) in [5.41, 5.74) is 1.41. The van der Waals surface area contributed by atoms with Crippen LogP contribution in [0.4, 0.5) is 0 Å². The molecule has 1 N–H and O–H groups in total. The van der Waals surface area contributed by atoms with Gasteiger partial charge in [-0.25, -0.2) is 4.99 Å². The van der Waals surface area contributed by atoms with Crippen LogP contribution in [-0.2, 0) is 13.6 Å². The van der Waals surface area contributed by atoms with E-state index in [1.807, 2.05) is 11.6 Å². The maximum absolute atomic E-state index is 4.78. The average molecular weight is 497 g/mol. The molecule has 1 unspecified atom stereocenters. The molecule has 0 spiro atoms. The number of hydrogen-bond acceptors (Lipinski definition) is 4. The van der Waals surface area contributed by atoms with Gasteiger partial charge >= 0.3 is 0 Å². The van der Waals surface area contributed by atoms with Crippen molar-refractivity contribution < 1.29 is 0 Å². The summed E-state index contributed by atoms with van der Waals surface area (Å²) < 4.78 is 1.91. The first-order valence-electron chi connectivity index (χ1n) is 9.88. The van der Waals surface area contributed by atoms with Crippen molar-refractivity contribution in [3.63, 3.8) is 0 Å². The third-order valence-corrected chi connectivity index (χ3v) is 5.14. The van der Waals surface area contributed by atoms with E-state index in [0.717, 1.165) is 50.9 Å². The summed E-state index contributed by atoms with van der Waals surface area (Å²) in [6.45, 7) is 9.83. The Hall–Kier alpha value is -1.68. The number of aryl methyl sites for hydroxylation is 1. The highest BCUT2D eigenvalue weighted by atomic mass is 127. The summed E-state index contributed by atoms with van der Waals surface area (Å²) in [6.07, 6.45) is 2.84. The van der Waals surface area contributed by atoms with E-state index >= 15 is 0 Å². The number of guanidine groups is 1. The van der Waals surface area contributed by atoms with Gasteiger partial charge in [0, 0.05) is 45.8 Å². The van der Waals surface area contributed by atoms with E-state index in [-0.39, 0.29) is 24.0 Å². The summed E-state index contributed by atoms with van der Waals surface area (Å²) in [7, 11) is 1.95. The smallest absolute Gasteiger partial charge is 0.194 e. The molecule has 1 fully saturated rings. The van der Waals surface area contributed by atoms with Crippen LogP contribution < -0.4 is 5.32 Å². The van der Waals surface area contributed by atoms with E-state index in [2.05, 4.69) is 69.5 Å². The van der Waals surface area contributed by atoms with Crippen LogP contribution in [0.3, 0.4) is 0 Å². The Kier molecular flexibility index (Phi) is 9.17. The number of piperazine rings is 1. The monoisotopic (exact) mass is 497 g/mol. The molecular weight excluding hydrogens is 465 g/mol. The van der Waals surface area contributed by atoms with E-state index in [1.165, 1.54) is 5.56 Å². The predicted molar refractivity (Wildman–Crippen MR) is 124 cm³/mol. The third-order valence-electron chi connectivity index (χ3n) is 5.14. The molecule has 1 aliphatic heterocycles. The van der Waals surface area contributed by atoms with Crippen LogP contribution in [0.25, 0.3) is 0 Å². The number of aromatic nitrogens is 3. The maximum Gasteiger partial charge on any atom is 0.194 e. The maximum atomic E-state index is 4.78. The van der Waals surface area contributed by atoms with E-state index in [4.69, 9.17) is 4.99 Å². The normalized spacial score (nSPS) is 16.5. The van der Waals surface area contributed by atoms with Crippen LogP contribution in [-0.4, -0.2) is 63.2 Å². The lowest BCUT2D eigenvalue weighted by molar-refractivity contribution is 0.127. The minimum atomic E-state index is 0. The van der Waals surface area contributed by atoms with Crippen molar-refractivity contribution in [3.05, 3.63) is 48.0 Å². The second-order valence-electron chi connectivity index (χ2n) is 6.89. The molecule has 154 valence electrons. The fraction of sp³-hybridized carbons (Fsp3) is 0.550. The van der Waals surface area contributed by atoms with Crippen molar-refractivity contribution in [1.82, 2.24) is 29.9 Å². The van der Waals surface area contributed by atoms with E-state index in [9.17, 15) is 0 Å². The topological polar surface area (TPSA) is 61.6 Å². The lowest BCUT2D eigenvalue weighted by Gasteiger charge is -2.40. The lowest BCUT2D eigenvalue weighted by Crippen LogP contribution is -2.53. The minimum Gasteiger partial charge on any atom is -0.357 e. The molecule has 1 atom stereocenters. The SMILES string of the molecule is CCNC(=NCc1nncn1C)N1CCN(C(CC)c2ccccc2)CC1.I. The molecule has 3 rings (SSSR count). The molecule has 2 heterocycles. The Balaban J connectivity index is 0.00000280. The van der Waals surface area contributed by atoms with Gasteiger partial charge in [-0.05, 0) is 18.9 Å². The summed E-state index contributed by atoms with van der Waals surface area (Å²) in [6, 6.07) is 11.3. The molecule has 1 aliphatic rings. The Morgan fingerprint density at radius 1 is 1.14 bits per heavy atom. The molecule has 28 heavy (non-hydrogen) atoms. The largest absolute Gasteiger partial charge is 0.357 e. The Bertz CT molecular complexity index is 723. The van der Waals surface area contributed by atoms with Gasteiger partial charge in [0.05, 0.1) is 0 Å². The minimum absolute atomic E-state index is 0. The zero-order chi connectivity index (χ0) is 19.1. The number of benzene rings is 1. The summed E-state index contributed by atoms with van der Waals surface area (Å²) in [5.74, 6) is 1.84. The van der Waals surface area contributed by atoms with Gasteiger partial charge in [-0.15, -0.1) is 34.2 Å². The highest BCUT2D eigenvalue weighted by molar-refractivity contribution is 14.0. The summed E-state index contributed by atoms with van der Waals surface area (Å²) >= 11 is 0. The van der Waals surface area contributed by atoms with Crippen LogP contribution >= 0.6 is 24.0 Å². The van der Waals surface area contributed by atoms with Gasteiger partial charge in [0.25, 0.3) is 0 Å². The van der Waals surface area contributed by atoms with Gasteiger partial charge in [0.15, 0.2) is 11.8 Å². The molecule has 0 amide bonds. The van der Waals surface area contributed by atoms with Crippen molar-refractivity contribution in [1.29, 1.82) is 0 Å². The van der Waals surface area contributed by atoms with E-state index in [0.29, 0.717) is 12.6 Å². The molecule has 0 bridgehead atoms. The number of halogens is 1. The standard InChI is InChI=1S/C20H31N7.HI/c1-4-18(17-9-7-6-8-10-17)26-11-13-27(14-12-26)20(21-5-2)22-15-19-24-23-16-25(19)3;/h6-10,16,18H,4-5,11-15H2,1-3H3,(H,21,22);1H. The summed E-state index contributed by atoms with van der Waals surface area (Å²) in [4.78, 5) is 9.73. The number of nitrogens with zero attached hydrogens (tertiary/aromatic N) is 6. The van der Waals surface area contributed by atoms with Crippen LogP contribution in [0.15, 0.2) is 41.7 Å². The number of aliphatic imine (C=N–C) groups is 1. The Morgan fingerprint density at radius 3 is 2.43 bits per heavy atom. The number of rotatable bonds is 6. The first-order valence-corrected chi connectivity index (χ1v) is 9.88. The molecule has 2 aromatic rings. The van der Waals surface area contributed by atoms with Crippen LogP contribution in [0.5, 0.6) is 0 Å². The van der Waals surface area contributed by atoms with Crippen LogP contribution in [0, 0.1) is 0 Å². The predicted octanol–water partition coefficient (Wildman–Crippen LogP) is 2.67. The molecule has 0 radical (unpaired) electrons.